The molecule has 5 nitrogen and oxygen atoms in total. The van der Waals surface area contributed by atoms with E-state index in [2.05, 4.69) is 52.7 Å². The van der Waals surface area contributed by atoms with Crippen molar-refractivity contribution in [1.29, 1.82) is 0 Å². The van der Waals surface area contributed by atoms with Gasteiger partial charge in [-0.25, -0.2) is 0 Å². The molecule has 4 rings (SSSR count). The highest BCUT2D eigenvalue weighted by Gasteiger charge is 2.24. The van der Waals surface area contributed by atoms with Crippen molar-refractivity contribution in [3.8, 4) is 16.9 Å². The van der Waals surface area contributed by atoms with Gasteiger partial charge in [-0.05, 0) is 48.6 Å². The number of benzene rings is 2. The molecular formula is C20H24N4O. The molecule has 1 aromatic carbocycles. The summed E-state index contributed by atoms with van der Waals surface area (Å²) in [5.74, 6) is 1.79. The van der Waals surface area contributed by atoms with E-state index in [0.717, 1.165) is 37.4 Å². The highest BCUT2D eigenvalue weighted by atomic mass is 16.5. The number of fused-ring (bicyclic) bond motifs is 1. The lowest BCUT2D eigenvalue weighted by molar-refractivity contribution is 0.297. The summed E-state index contributed by atoms with van der Waals surface area (Å²) < 4.78 is 5.70. The fraction of sp³-hybridized carbons (Fsp3) is 0.350. The lowest BCUT2D eigenvalue weighted by Gasteiger charge is -2.19. The fourth-order valence-corrected chi connectivity index (χ4v) is 2.62. The molecule has 0 aliphatic heterocycles. The third-order valence-electron chi connectivity index (χ3n) is 4.24. The minimum Gasteiger partial charge on any atom is -0.494 e. The van der Waals surface area contributed by atoms with Gasteiger partial charge in [-0.15, -0.1) is 10.2 Å². The number of aromatic amines is 1. The van der Waals surface area contributed by atoms with Gasteiger partial charge in [-0.3, -0.25) is 0 Å². The number of H-pyrrole nitrogens is 1. The second kappa shape index (κ2) is 7.92. The average Bonchev–Trinajstić information content (AvgIpc) is 3.06. The summed E-state index contributed by atoms with van der Waals surface area (Å²) in [7, 11) is 0. The van der Waals surface area contributed by atoms with E-state index in [0.29, 0.717) is 0 Å². The summed E-state index contributed by atoms with van der Waals surface area (Å²) in [6.45, 7) is 5.05. The van der Waals surface area contributed by atoms with E-state index in [1.807, 2.05) is 36.4 Å². The Hall–Kier alpha value is -2.69. The van der Waals surface area contributed by atoms with Gasteiger partial charge < -0.3 is 4.74 Å². The molecule has 0 fully saturated rings. The standard InChI is InChI=1S/C14H18N4O.C6H6/c1-14(2,13-15-17-18-16-13)5-3-4-6-19-12-8-10-7-11(10)9-12;1-2-4-6-5-3-1/h7-9H,3-6H2,1-2H3,(H,15,16,17,18);1-6H. The number of hydrogen-bond acceptors (Lipinski definition) is 4. The molecule has 2 aromatic rings. The van der Waals surface area contributed by atoms with Crippen LogP contribution in [0.5, 0.6) is 5.75 Å². The maximum absolute atomic E-state index is 5.70. The Morgan fingerprint density at radius 1 is 0.920 bits per heavy atom. The lowest BCUT2D eigenvalue weighted by atomic mass is 9.86. The first-order chi connectivity index (χ1) is 12.1. The molecule has 0 amide bonds. The Morgan fingerprint density at radius 3 is 2.12 bits per heavy atom. The van der Waals surface area contributed by atoms with Gasteiger partial charge in [0.1, 0.15) is 5.75 Å². The molecule has 130 valence electrons. The molecule has 0 saturated carbocycles. The van der Waals surface area contributed by atoms with Crippen LogP contribution in [0.3, 0.4) is 0 Å². The minimum atomic E-state index is -0.0337. The first-order valence-corrected chi connectivity index (χ1v) is 8.67. The van der Waals surface area contributed by atoms with Crippen molar-refractivity contribution >= 4 is 0 Å². The molecule has 0 saturated heterocycles. The van der Waals surface area contributed by atoms with Gasteiger partial charge in [-0.1, -0.05) is 55.5 Å². The predicted molar refractivity (Wildman–Crippen MR) is 98.4 cm³/mol. The molecule has 0 spiro atoms. The van der Waals surface area contributed by atoms with Gasteiger partial charge in [0.05, 0.1) is 6.61 Å². The van der Waals surface area contributed by atoms with E-state index >= 15 is 0 Å². The van der Waals surface area contributed by atoms with Crippen molar-refractivity contribution in [2.45, 2.75) is 38.5 Å². The van der Waals surface area contributed by atoms with Crippen molar-refractivity contribution < 1.29 is 4.74 Å². The lowest BCUT2D eigenvalue weighted by Crippen LogP contribution is -2.19. The zero-order valence-corrected chi connectivity index (χ0v) is 14.8. The molecule has 1 aromatic heterocycles. The van der Waals surface area contributed by atoms with Gasteiger partial charge in [0.2, 0.25) is 0 Å². The molecule has 0 atom stereocenters. The molecule has 1 heterocycles. The molecular weight excluding hydrogens is 312 g/mol. The summed E-state index contributed by atoms with van der Waals surface area (Å²) in [6, 6.07) is 18.3. The number of hydrogen-bond donors (Lipinski definition) is 1. The van der Waals surface area contributed by atoms with E-state index in [4.69, 9.17) is 4.74 Å². The van der Waals surface area contributed by atoms with Gasteiger partial charge >= 0.3 is 0 Å². The van der Waals surface area contributed by atoms with Crippen molar-refractivity contribution in [3.05, 3.63) is 60.4 Å². The maximum Gasteiger partial charge on any atom is 0.180 e. The van der Waals surface area contributed by atoms with Crippen LogP contribution in [-0.2, 0) is 5.41 Å². The molecule has 0 radical (unpaired) electrons. The van der Waals surface area contributed by atoms with Gasteiger partial charge in [0.15, 0.2) is 5.82 Å². The fourth-order valence-electron chi connectivity index (χ4n) is 2.62. The Morgan fingerprint density at radius 2 is 1.56 bits per heavy atom. The number of rotatable bonds is 7. The molecule has 0 unspecified atom stereocenters. The zero-order chi connectivity index (χ0) is 17.5. The van der Waals surface area contributed by atoms with Crippen LogP contribution < -0.4 is 4.74 Å². The minimum absolute atomic E-state index is 0.0337. The first-order valence-electron chi connectivity index (χ1n) is 8.67. The largest absolute Gasteiger partial charge is 0.494 e. The van der Waals surface area contributed by atoms with Crippen molar-refractivity contribution in [1.82, 2.24) is 20.6 Å². The van der Waals surface area contributed by atoms with Crippen molar-refractivity contribution in [2.24, 2.45) is 0 Å². The molecule has 0 bridgehead atoms. The predicted octanol–water partition coefficient (Wildman–Crippen LogP) is 4.39. The second-order valence-corrected chi connectivity index (χ2v) is 6.83. The van der Waals surface area contributed by atoms with E-state index in [1.54, 1.807) is 0 Å². The summed E-state index contributed by atoms with van der Waals surface area (Å²) in [6.07, 6.45) is 3.16. The van der Waals surface area contributed by atoms with E-state index in [-0.39, 0.29) is 5.41 Å². The smallest absolute Gasteiger partial charge is 0.180 e. The zero-order valence-electron chi connectivity index (χ0n) is 14.8. The van der Waals surface area contributed by atoms with Gasteiger partial charge in [0, 0.05) is 5.41 Å². The third kappa shape index (κ3) is 5.14. The van der Waals surface area contributed by atoms with Crippen LogP contribution in [0.4, 0.5) is 0 Å². The van der Waals surface area contributed by atoms with Crippen LogP contribution in [0.2, 0.25) is 0 Å². The summed E-state index contributed by atoms with van der Waals surface area (Å²) in [4.78, 5) is 0. The van der Waals surface area contributed by atoms with Crippen LogP contribution in [-0.4, -0.2) is 27.2 Å². The van der Waals surface area contributed by atoms with E-state index in [1.165, 1.54) is 11.1 Å². The first kappa shape index (κ1) is 17.1. The third-order valence-corrected chi connectivity index (χ3v) is 4.24. The molecule has 1 N–H and O–H groups in total. The van der Waals surface area contributed by atoms with Gasteiger partial charge in [-0.2, -0.15) is 5.21 Å². The van der Waals surface area contributed by atoms with Crippen molar-refractivity contribution in [2.75, 3.05) is 6.61 Å². The Balaban J connectivity index is 0.000000258. The van der Waals surface area contributed by atoms with Crippen LogP contribution in [0.1, 0.15) is 38.9 Å². The highest BCUT2D eigenvalue weighted by molar-refractivity contribution is 5.83. The second-order valence-electron chi connectivity index (χ2n) is 6.83. The SMILES string of the molecule is CC(C)(CCCCOc1cc2cc-2c1)c1nn[nH]n1.c1ccccc1. The number of ether oxygens (including phenoxy) is 1. The number of nitrogens with one attached hydrogen (secondary N) is 1. The highest BCUT2D eigenvalue weighted by Crippen LogP contribution is 2.39. The van der Waals surface area contributed by atoms with Crippen LogP contribution in [0.25, 0.3) is 11.1 Å². The summed E-state index contributed by atoms with van der Waals surface area (Å²) >= 11 is 0. The number of aromatic nitrogens is 4. The average molecular weight is 336 g/mol. The topological polar surface area (TPSA) is 63.7 Å². The Bertz CT molecular complexity index is 723. The van der Waals surface area contributed by atoms with E-state index in [9.17, 15) is 0 Å². The molecule has 2 aliphatic rings. The Kier molecular flexibility index (Phi) is 5.43. The quantitative estimate of drug-likeness (QED) is 0.508. The Labute approximate surface area is 148 Å². The van der Waals surface area contributed by atoms with Crippen molar-refractivity contribution in [3.63, 3.8) is 0 Å². The number of tetrazole rings is 1. The molecule has 5 heteroatoms. The van der Waals surface area contributed by atoms with Crippen LogP contribution in [0, 0.1) is 0 Å². The molecule has 25 heavy (non-hydrogen) atoms. The van der Waals surface area contributed by atoms with E-state index < -0.39 is 0 Å². The maximum atomic E-state index is 5.70. The van der Waals surface area contributed by atoms with Gasteiger partial charge in [0.25, 0.3) is 0 Å². The van der Waals surface area contributed by atoms with Crippen LogP contribution >= 0.6 is 0 Å². The monoisotopic (exact) mass is 336 g/mol. The normalized spacial score (nSPS) is 11.4. The summed E-state index contributed by atoms with van der Waals surface area (Å²) in [5.41, 5.74) is 2.62. The molecule has 2 aliphatic carbocycles. The number of unbranched alkanes of at least 4 members (excludes halogenated alkanes) is 1. The summed E-state index contributed by atoms with van der Waals surface area (Å²) in [5, 5.41) is 14.2. The van der Waals surface area contributed by atoms with Crippen LogP contribution in [0.15, 0.2) is 54.6 Å². The number of nitrogens with zero attached hydrogens (tertiary/aromatic N) is 3.